The Bertz CT molecular complexity index is 674. The van der Waals surface area contributed by atoms with E-state index < -0.39 is 6.67 Å². The number of halogens is 2. The lowest BCUT2D eigenvalue weighted by Crippen LogP contribution is -2.26. The Balaban J connectivity index is 1.14. The van der Waals surface area contributed by atoms with Gasteiger partial charge in [-0.25, -0.2) is 4.39 Å². The molecule has 1 aromatic carbocycles. The first-order valence-corrected chi connectivity index (χ1v) is 14.0. The third-order valence-electron chi connectivity index (χ3n) is 9.77. The van der Waals surface area contributed by atoms with Gasteiger partial charge in [-0.15, -0.1) is 0 Å². The monoisotopic (exact) mass is 444 g/mol. The van der Waals surface area contributed by atoms with Crippen molar-refractivity contribution in [1.82, 2.24) is 0 Å². The molecule has 3 saturated carbocycles. The van der Waals surface area contributed by atoms with Gasteiger partial charge in [-0.1, -0.05) is 64.0 Å². The summed E-state index contributed by atoms with van der Waals surface area (Å²) < 4.78 is 26.7. The first kappa shape index (κ1) is 24.2. The molecule has 0 bridgehead atoms. The van der Waals surface area contributed by atoms with E-state index in [1.807, 2.05) is 12.1 Å². The molecule has 0 atom stereocenters. The molecule has 0 radical (unpaired) electrons. The third-order valence-corrected chi connectivity index (χ3v) is 9.77. The van der Waals surface area contributed by atoms with Crippen LogP contribution in [0.15, 0.2) is 18.2 Å². The maximum absolute atomic E-state index is 14.2. The molecule has 2 heteroatoms. The predicted octanol–water partition coefficient (Wildman–Crippen LogP) is 9.41. The molecule has 0 N–H and O–H groups in total. The molecule has 3 aliphatic rings. The average Bonchev–Trinajstić information content (AvgIpc) is 2.85. The van der Waals surface area contributed by atoms with E-state index in [1.54, 1.807) is 6.07 Å². The lowest BCUT2D eigenvalue weighted by atomic mass is 9.68. The van der Waals surface area contributed by atoms with E-state index in [2.05, 4.69) is 6.92 Å². The van der Waals surface area contributed by atoms with Crippen molar-refractivity contribution in [3.8, 4) is 0 Å². The van der Waals surface area contributed by atoms with Crippen LogP contribution in [0.4, 0.5) is 8.78 Å². The molecule has 3 aliphatic carbocycles. The molecule has 0 heterocycles. The standard InChI is InChI=1S/C30H46F2/c1-2-22-5-11-25(12-6-22)26-13-7-23(8-14-26)3-4-24-9-15-27(16-10-24)29-18-17-28(19-20-31)30(32)21-29/h17-18,21-27H,2-16,19-20H2,1H3/t22-,23-,24?,25-,26-,27?. The molecule has 32 heavy (non-hydrogen) atoms. The van der Waals surface area contributed by atoms with Crippen molar-refractivity contribution in [2.75, 3.05) is 6.67 Å². The van der Waals surface area contributed by atoms with Crippen LogP contribution in [0, 0.1) is 35.4 Å². The molecular formula is C30H46F2. The van der Waals surface area contributed by atoms with Crippen LogP contribution in [-0.4, -0.2) is 6.67 Å². The van der Waals surface area contributed by atoms with E-state index in [0.29, 0.717) is 11.5 Å². The smallest absolute Gasteiger partial charge is 0.126 e. The minimum Gasteiger partial charge on any atom is -0.251 e. The second kappa shape index (κ2) is 12.0. The van der Waals surface area contributed by atoms with E-state index >= 15 is 0 Å². The maximum Gasteiger partial charge on any atom is 0.126 e. The SMILES string of the molecule is CC[C@H]1CC[C@H]([C@H]2CC[C@H](CCC3CCC(c4ccc(CCF)c(F)c4)CC3)CC2)CC1. The van der Waals surface area contributed by atoms with Crippen LogP contribution >= 0.6 is 0 Å². The van der Waals surface area contributed by atoms with Crippen LogP contribution in [0.2, 0.25) is 0 Å². The van der Waals surface area contributed by atoms with E-state index in [-0.39, 0.29) is 12.2 Å². The highest BCUT2D eigenvalue weighted by atomic mass is 19.1. The molecule has 0 aliphatic heterocycles. The van der Waals surface area contributed by atoms with Crippen molar-refractivity contribution in [2.24, 2.45) is 29.6 Å². The van der Waals surface area contributed by atoms with Crippen LogP contribution in [0.3, 0.4) is 0 Å². The number of hydrogen-bond acceptors (Lipinski definition) is 0. The van der Waals surface area contributed by atoms with Crippen molar-refractivity contribution in [1.29, 1.82) is 0 Å². The average molecular weight is 445 g/mol. The number of hydrogen-bond donors (Lipinski definition) is 0. The Hall–Kier alpha value is -0.920. The second-order valence-corrected chi connectivity index (χ2v) is 11.6. The largest absolute Gasteiger partial charge is 0.251 e. The topological polar surface area (TPSA) is 0 Å². The van der Waals surface area contributed by atoms with Gasteiger partial charge >= 0.3 is 0 Å². The van der Waals surface area contributed by atoms with Crippen molar-refractivity contribution < 1.29 is 8.78 Å². The fourth-order valence-corrected chi connectivity index (χ4v) is 7.39. The second-order valence-electron chi connectivity index (χ2n) is 11.6. The van der Waals surface area contributed by atoms with Gasteiger partial charge < -0.3 is 0 Å². The highest BCUT2D eigenvalue weighted by molar-refractivity contribution is 5.27. The fraction of sp³-hybridized carbons (Fsp3) is 0.800. The van der Waals surface area contributed by atoms with Crippen LogP contribution in [0.1, 0.15) is 120 Å². The Morgan fingerprint density at radius 2 is 1.25 bits per heavy atom. The van der Waals surface area contributed by atoms with Crippen LogP contribution in [0.25, 0.3) is 0 Å². The van der Waals surface area contributed by atoms with Gasteiger partial charge in [-0.2, -0.15) is 0 Å². The summed E-state index contributed by atoms with van der Waals surface area (Å²) in [6, 6.07) is 5.54. The number of aryl methyl sites for hydroxylation is 1. The van der Waals surface area contributed by atoms with Gasteiger partial charge in [-0.3, -0.25) is 4.39 Å². The third kappa shape index (κ3) is 6.35. The minimum absolute atomic E-state index is 0.195. The highest BCUT2D eigenvalue weighted by Crippen LogP contribution is 2.44. The molecule has 0 amide bonds. The summed E-state index contributed by atoms with van der Waals surface area (Å²) in [5, 5.41) is 0. The normalized spacial score (nSPS) is 33.8. The first-order chi connectivity index (χ1) is 15.7. The number of rotatable bonds is 8. The molecule has 0 unspecified atom stereocenters. The van der Waals surface area contributed by atoms with Gasteiger partial charge in [0.25, 0.3) is 0 Å². The Kier molecular flexibility index (Phi) is 9.06. The van der Waals surface area contributed by atoms with E-state index in [1.165, 1.54) is 96.3 Å². The zero-order valence-electron chi connectivity index (χ0n) is 20.5. The number of benzene rings is 1. The molecule has 0 spiro atoms. The zero-order valence-corrected chi connectivity index (χ0v) is 20.5. The van der Waals surface area contributed by atoms with Crippen LogP contribution in [-0.2, 0) is 6.42 Å². The van der Waals surface area contributed by atoms with Gasteiger partial charge in [0, 0.05) is 6.42 Å². The van der Waals surface area contributed by atoms with Crippen molar-refractivity contribution in [2.45, 2.75) is 116 Å². The molecule has 0 nitrogen and oxygen atoms in total. The molecule has 0 saturated heterocycles. The minimum atomic E-state index is -0.483. The first-order valence-electron chi connectivity index (χ1n) is 14.0. The lowest BCUT2D eigenvalue weighted by molar-refractivity contribution is 0.138. The van der Waals surface area contributed by atoms with Gasteiger partial charge in [0.2, 0.25) is 0 Å². The molecule has 180 valence electrons. The Labute approximate surface area is 196 Å². The van der Waals surface area contributed by atoms with Gasteiger partial charge in [0.1, 0.15) is 5.82 Å². The summed E-state index contributed by atoms with van der Waals surface area (Å²) >= 11 is 0. The van der Waals surface area contributed by atoms with Crippen molar-refractivity contribution in [3.63, 3.8) is 0 Å². The summed E-state index contributed by atoms with van der Waals surface area (Å²) in [5.41, 5.74) is 1.66. The molecule has 0 aromatic heterocycles. The predicted molar refractivity (Wildman–Crippen MR) is 131 cm³/mol. The number of alkyl halides is 1. The van der Waals surface area contributed by atoms with Crippen LogP contribution < -0.4 is 0 Å². The summed E-state index contributed by atoms with van der Waals surface area (Å²) in [6.45, 7) is 1.89. The van der Waals surface area contributed by atoms with Crippen molar-refractivity contribution >= 4 is 0 Å². The lowest BCUT2D eigenvalue weighted by Gasteiger charge is -2.38. The van der Waals surface area contributed by atoms with Gasteiger partial charge in [0.05, 0.1) is 6.67 Å². The van der Waals surface area contributed by atoms with E-state index in [9.17, 15) is 8.78 Å². The zero-order chi connectivity index (χ0) is 22.3. The maximum atomic E-state index is 14.2. The van der Waals surface area contributed by atoms with Crippen LogP contribution in [0.5, 0.6) is 0 Å². The molecule has 3 fully saturated rings. The molecule has 4 rings (SSSR count). The summed E-state index contributed by atoms with van der Waals surface area (Å²) in [4.78, 5) is 0. The molecular weight excluding hydrogens is 398 g/mol. The Morgan fingerprint density at radius 1 is 0.719 bits per heavy atom. The summed E-state index contributed by atoms with van der Waals surface area (Å²) in [5.74, 6) is 5.25. The van der Waals surface area contributed by atoms with E-state index in [0.717, 1.165) is 35.2 Å². The summed E-state index contributed by atoms with van der Waals surface area (Å²) in [6.07, 6.45) is 21.4. The van der Waals surface area contributed by atoms with Gasteiger partial charge in [0.15, 0.2) is 0 Å². The van der Waals surface area contributed by atoms with Crippen molar-refractivity contribution in [3.05, 3.63) is 35.1 Å². The van der Waals surface area contributed by atoms with E-state index in [4.69, 9.17) is 0 Å². The highest BCUT2D eigenvalue weighted by Gasteiger charge is 2.31. The quantitative estimate of drug-likeness (QED) is 0.374. The fourth-order valence-electron chi connectivity index (χ4n) is 7.39. The summed E-state index contributed by atoms with van der Waals surface area (Å²) in [7, 11) is 0. The van der Waals surface area contributed by atoms with Gasteiger partial charge in [-0.05, 0) is 104 Å². The Morgan fingerprint density at radius 3 is 1.75 bits per heavy atom. The molecule has 1 aromatic rings.